The second-order valence-corrected chi connectivity index (χ2v) is 14.0. The van der Waals surface area contributed by atoms with Gasteiger partial charge in [0.25, 0.3) is 0 Å². The second-order valence-electron chi connectivity index (χ2n) is 14.0. The van der Waals surface area contributed by atoms with Crippen molar-refractivity contribution in [1.82, 2.24) is 13.7 Å². The number of hydrogen-bond donors (Lipinski definition) is 0. The van der Waals surface area contributed by atoms with Crippen molar-refractivity contribution in [3.05, 3.63) is 187 Å². The Kier molecular flexibility index (Phi) is 6.61. The first-order valence-corrected chi connectivity index (χ1v) is 18.3. The van der Waals surface area contributed by atoms with Crippen molar-refractivity contribution in [2.45, 2.75) is 0 Å². The second kappa shape index (κ2) is 11.8. The number of fused-ring (bicyclic) bond motifs is 9. The Morgan fingerprint density at radius 3 is 1.51 bits per heavy atom. The van der Waals surface area contributed by atoms with Crippen LogP contribution in [0.25, 0.3) is 93.6 Å². The van der Waals surface area contributed by atoms with Crippen LogP contribution in [0.5, 0.6) is 0 Å². The van der Waals surface area contributed by atoms with E-state index in [-0.39, 0.29) is 0 Å². The van der Waals surface area contributed by atoms with E-state index in [9.17, 15) is 10.5 Å². The van der Waals surface area contributed by atoms with E-state index in [2.05, 4.69) is 159 Å². The van der Waals surface area contributed by atoms with Crippen molar-refractivity contribution in [2.75, 3.05) is 0 Å². The monoisotopic (exact) mass is 699 g/mol. The molecule has 0 N–H and O–H groups in total. The summed E-state index contributed by atoms with van der Waals surface area (Å²) in [6.45, 7) is 0. The molecule has 0 aliphatic heterocycles. The molecule has 3 heterocycles. The highest BCUT2D eigenvalue weighted by Gasteiger charge is 2.20. The molecule has 0 radical (unpaired) electrons. The molecule has 55 heavy (non-hydrogen) atoms. The number of hydrogen-bond acceptors (Lipinski definition) is 2. The van der Waals surface area contributed by atoms with Crippen LogP contribution in [0.15, 0.2) is 176 Å². The number of rotatable bonds is 4. The Bertz CT molecular complexity index is 3420. The summed E-state index contributed by atoms with van der Waals surface area (Å²) in [4.78, 5) is 0. The fraction of sp³-hybridized carbons (Fsp3) is 0. The molecule has 0 saturated carbocycles. The first-order chi connectivity index (χ1) is 27.2. The number of aromatic nitrogens is 3. The van der Waals surface area contributed by atoms with E-state index < -0.39 is 0 Å². The molecule has 0 saturated heterocycles. The lowest BCUT2D eigenvalue weighted by Crippen LogP contribution is -2.01. The lowest BCUT2D eigenvalue weighted by atomic mass is 10.00. The molecule has 11 rings (SSSR count). The van der Waals surface area contributed by atoms with E-state index in [1.807, 2.05) is 42.5 Å². The average Bonchev–Trinajstić information content (AvgIpc) is 3.88. The molecule has 5 heteroatoms. The van der Waals surface area contributed by atoms with E-state index in [1.165, 1.54) is 32.6 Å². The highest BCUT2D eigenvalue weighted by Crippen LogP contribution is 2.40. The SMILES string of the molecule is N#Cc1ccc2c3ccccc3n(-c3cc(-c4ccccc4-n4c5ccccc5c5cc(-n6c7ccccc7c7ccccc76)ccc54)ccc3C#N)c2c1. The molecule has 0 unspecified atom stereocenters. The maximum atomic E-state index is 10.5. The molecule has 254 valence electrons. The zero-order valence-corrected chi connectivity index (χ0v) is 29.5. The van der Waals surface area contributed by atoms with Crippen molar-refractivity contribution in [2.24, 2.45) is 0 Å². The molecule has 3 aromatic heterocycles. The Hall–Kier alpha value is -7.86. The molecule has 0 spiro atoms. The van der Waals surface area contributed by atoms with Crippen molar-refractivity contribution >= 4 is 65.4 Å². The van der Waals surface area contributed by atoms with Crippen LogP contribution < -0.4 is 0 Å². The van der Waals surface area contributed by atoms with Crippen LogP contribution >= 0.6 is 0 Å². The van der Waals surface area contributed by atoms with Crippen LogP contribution in [0.1, 0.15) is 11.1 Å². The summed E-state index contributed by atoms with van der Waals surface area (Å²) < 4.78 is 6.87. The van der Waals surface area contributed by atoms with E-state index in [0.29, 0.717) is 11.1 Å². The van der Waals surface area contributed by atoms with Crippen LogP contribution in [0.3, 0.4) is 0 Å². The zero-order chi connectivity index (χ0) is 36.6. The lowest BCUT2D eigenvalue weighted by molar-refractivity contribution is 1.16. The Morgan fingerprint density at radius 2 is 0.873 bits per heavy atom. The third kappa shape index (κ3) is 4.45. The molecular formula is C50H29N5. The van der Waals surface area contributed by atoms with E-state index in [4.69, 9.17) is 0 Å². The van der Waals surface area contributed by atoms with Gasteiger partial charge in [0.05, 0.1) is 61.7 Å². The predicted octanol–water partition coefficient (Wildman–Crippen LogP) is 12.4. The van der Waals surface area contributed by atoms with Gasteiger partial charge in [-0.1, -0.05) is 103 Å². The summed E-state index contributed by atoms with van der Waals surface area (Å²) in [6, 6.07) is 66.0. The fourth-order valence-corrected chi connectivity index (χ4v) is 8.75. The van der Waals surface area contributed by atoms with Crippen LogP contribution in [0, 0.1) is 22.7 Å². The molecule has 11 aromatic rings. The smallest absolute Gasteiger partial charge is 0.101 e. The fourth-order valence-electron chi connectivity index (χ4n) is 8.75. The minimum atomic E-state index is 0.556. The summed E-state index contributed by atoms with van der Waals surface area (Å²) in [7, 11) is 0. The van der Waals surface area contributed by atoms with Crippen LogP contribution in [-0.4, -0.2) is 13.7 Å². The van der Waals surface area contributed by atoms with Crippen molar-refractivity contribution < 1.29 is 0 Å². The van der Waals surface area contributed by atoms with E-state index >= 15 is 0 Å². The quantitative estimate of drug-likeness (QED) is 0.184. The van der Waals surface area contributed by atoms with Gasteiger partial charge in [-0.25, -0.2) is 0 Å². The van der Waals surface area contributed by atoms with Gasteiger partial charge in [-0.3, -0.25) is 0 Å². The molecule has 0 bridgehead atoms. The Balaban J connectivity index is 1.14. The average molecular weight is 700 g/mol. The standard InChI is InChI=1S/C50H29N5/c51-30-32-21-25-41-39-14-4-9-19-46(39)55(50(41)27-32)49-28-33(22-23-34(49)31-52)36-11-1-6-16-43(36)54-47-20-10-5-15-40(47)42-29-35(24-26-48(42)54)53-44-17-7-2-12-37(44)38-13-3-8-18-45(38)53/h1-29H. The topological polar surface area (TPSA) is 62.4 Å². The van der Waals surface area contributed by atoms with E-state index in [1.54, 1.807) is 0 Å². The van der Waals surface area contributed by atoms with E-state index in [0.717, 1.165) is 61.0 Å². The molecule has 0 atom stereocenters. The van der Waals surface area contributed by atoms with Gasteiger partial charge >= 0.3 is 0 Å². The van der Waals surface area contributed by atoms with Crippen molar-refractivity contribution in [1.29, 1.82) is 10.5 Å². The van der Waals surface area contributed by atoms with Gasteiger partial charge in [-0.15, -0.1) is 0 Å². The van der Waals surface area contributed by atoms with Crippen LogP contribution in [-0.2, 0) is 0 Å². The normalized spacial score (nSPS) is 11.6. The maximum Gasteiger partial charge on any atom is 0.101 e. The number of nitriles is 2. The predicted molar refractivity (Wildman–Crippen MR) is 224 cm³/mol. The molecular weight excluding hydrogens is 671 g/mol. The van der Waals surface area contributed by atoms with Crippen LogP contribution in [0.2, 0.25) is 0 Å². The highest BCUT2D eigenvalue weighted by molar-refractivity contribution is 6.13. The Morgan fingerprint density at radius 1 is 0.345 bits per heavy atom. The molecule has 8 aromatic carbocycles. The van der Waals surface area contributed by atoms with Crippen molar-refractivity contribution in [3.8, 4) is 40.3 Å². The van der Waals surface area contributed by atoms with Crippen LogP contribution in [0.4, 0.5) is 0 Å². The number of nitrogens with zero attached hydrogens (tertiary/aromatic N) is 5. The maximum absolute atomic E-state index is 10.5. The van der Waals surface area contributed by atoms with Gasteiger partial charge < -0.3 is 13.7 Å². The first kappa shape index (κ1) is 30.7. The zero-order valence-electron chi connectivity index (χ0n) is 29.5. The summed E-state index contributed by atoms with van der Waals surface area (Å²) >= 11 is 0. The lowest BCUT2D eigenvalue weighted by Gasteiger charge is -2.16. The van der Waals surface area contributed by atoms with Gasteiger partial charge in [-0.2, -0.15) is 10.5 Å². The summed E-state index contributed by atoms with van der Waals surface area (Å²) in [6.07, 6.45) is 0. The highest BCUT2D eigenvalue weighted by atomic mass is 15.0. The molecule has 5 nitrogen and oxygen atoms in total. The van der Waals surface area contributed by atoms with Gasteiger partial charge in [0.1, 0.15) is 6.07 Å². The van der Waals surface area contributed by atoms with Gasteiger partial charge in [0.2, 0.25) is 0 Å². The van der Waals surface area contributed by atoms with Gasteiger partial charge in [-0.05, 0) is 78.4 Å². The minimum Gasteiger partial charge on any atom is -0.309 e. The third-order valence-corrected chi connectivity index (χ3v) is 11.1. The first-order valence-electron chi connectivity index (χ1n) is 18.3. The number of benzene rings is 8. The Labute approximate surface area is 316 Å². The third-order valence-electron chi connectivity index (χ3n) is 11.1. The molecule has 0 fully saturated rings. The molecule has 0 aliphatic rings. The van der Waals surface area contributed by atoms with Gasteiger partial charge in [0, 0.05) is 43.6 Å². The van der Waals surface area contributed by atoms with Crippen molar-refractivity contribution in [3.63, 3.8) is 0 Å². The van der Waals surface area contributed by atoms with Gasteiger partial charge in [0.15, 0.2) is 0 Å². The molecule has 0 aliphatic carbocycles. The minimum absolute atomic E-state index is 0.556. The summed E-state index contributed by atoms with van der Waals surface area (Å²) in [5, 5.41) is 27.2. The summed E-state index contributed by atoms with van der Waals surface area (Å²) in [5.41, 5.74) is 12.6. The number of para-hydroxylation sites is 5. The molecule has 0 amide bonds. The largest absolute Gasteiger partial charge is 0.309 e. The summed E-state index contributed by atoms with van der Waals surface area (Å²) in [5.74, 6) is 0.